The van der Waals surface area contributed by atoms with Gasteiger partial charge in [0.1, 0.15) is 5.84 Å². The normalized spacial score (nSPS) is 17.3. The lowest BCUT2D eigenvalue weighted by Crippen LogP contribution is -2.39. The van der Waals surface area contributed by atoms with Crippen LogP contribution in [0.2, 0.25) is 0 Å². The van der Waals surface area contributed by atoms with Crippen LogP contribution in [-0.2, 0) is 0 Å². The zero-order valence-corrected chi connectivity index (χ0v) is 11.3. The number of benzene rings is 1. The number of alkyl halides is 3. The number of nitrogens with two attached hydrogens (primary N) is 1. The number of piperidine rings is 1. The molecule has 1 heterocycles. The third-order valence-electron chi connectivity index (χ3n) is 3.74. The second kappa shape index (κ2) is 5.34. The van der Waals surface area contributed by atoms with Gasteiger partial charge in [-0.1, -0.05) is 11.6 Å². The smallest absolute Gasteiger partial charge is 0.384 e. The van der Waals surface area contributed by atoms with E-state index in [2.05, 4.69) is 0 Å². The molecule has 3 nitrogen and oxygen atoms in total. The monoisotopic (exact) mass is 285 g/mol. The van der Waals surface area contributed by atoms with Crippen LogP contribution in [0.4, 0.5) is 18.9 Å². The molecular weight excluding hydrogens is 267 g/mol. The third kappa shape index (κ3) is 3.05. The minimum atomic E-state index is -4.11. The van der Waals surface area contributed by atoms with Crippen molar-refractivity contribution in [2.75, 3.05) is 18.0 Å². The van der Waals surface area contributed by atoms with Crippen LogP contribution in [0.3, 0.4) is 0 Å². The summed E-state index contributed by atoms with van der Waals surface area (Å²) in [7, 11) is 0. The fourth-order valence-electron chi connectivity index (χ4n) is 2.59. The molecule has 3 N–H and O–H groups in total. The van der Waals surface area contributed by atoms with Gasteiger partial charge in [0.25, 0.3) is 0 Å². The number of rotatable bonds is 2. The van der Waals surface area contributed by atoms with Gasteiger partial charge in [-0.05, 0) is 31.9 Å². The number of aryl methyl sites for hydroxylation is 1. The number of nitrogens with one attached hydrogen (secondary N) is 1. The van der Waals surface area contributed by atoms with Crippen molar-refractivity contribution in [3.8, 4) is 0 Å². The second-order valence-electron chi connectivity index (χ2n) is 5.24. The van der Waals surface area contributed by atoms with Gasteiger partial charge < -0.3 is 10.6 Å². The fraction of sp³-hybridized carbons (Fsp3) is 0.500. The molecule has 2 rings (SSSR count). The average molecular weight is 285 g/mol. The fourth-order valence-corrected chi connectivity index (χ4v) is 2.59. The van der Waals surface area contributed by atoms with Crippen molar-refractivity contribution < 1.29 is 13.2 Å². The number of nitrogen functional groups attached to an aromatic ring is 1. The van der Waals surface area contributed by atoms with Crippen LogP contribution in [-0.4, -0.2) is 25.1 Å². The molecule has 0 radical (unpaired) electrons. The van der Waals surface area contributed by atoms with Gasteiger partial charge in [-0.3, -0.25) is 5.41 Å². The molecule has 0 bridgehead atoms. The molecule has 0 saturated carbocycles. The highest BCUT2D eigenvalue weighted by molar-refractivity contribution is 6.00. The van der Waals surface area contributed by atoms with E-state index >= 15 is 0 Å². The van der Waals surface area contributed by atoms with E-state index in [4.69, 9.17) is 11.1 Å². The molecule has 1 aliphatic rings. The van der Waals surface area contributed by atoms with Crippen LogP contribution in [0.1, 0.15) is 24.0 Å². The number of amidine groups is 1. The predicted octanol–water partition coefficient (Wildman–Crippen LogP) is 3.06. The Balaban J connectivity index is 2.17. The number of hydrogen-bond acceptors (Lipinski definition) is 2. The Morgan fingerprint density at radius 3 is 2.40 bits per heavy atom. The molecule has 0 aromatic heterocycles. The van der Waals surface area contributed by atoms with Gasteiger partial charge in [-0.15, -0.1) is 0 Å². The molecule has 0 spiro atoms. The van der Waals surface area contributed by atoms with E-state index in [0.29, 0.717) is 18.7 Å². The molecule has 0 amide bonds. The van der Waals surface area contributed by atoms with E-state index in [1.54, 1.807) is 6.07 Å². The Labute approximate surface area is 116 Å². The van der Waals surface area contributed by atoms with Crippen LogP contribution < -0.4 is 10.6 Å². The maximum Gasteiger partial charge on any atom is 0.391 e. The van der Waals surface area contributed by atoms with E-state index in [1.807, 2.05) is 24.0 Å². The highest BCUT2D eigenvalue weighted by Crippen LogP contribution is 2.36. The van der Waals surface area contributed by atoms with Crippen LogP contribution in [0.5, 0.6) is 0 Å². The summed E-state index contributed by atoms with van der Waals surface area (Å²) in [6, 6.07) is 5.52. The van der Waals surface area contributed by atoms with Crippen molar-refractivity contribution in [2.45, 2.75) is 25.9 Å². The Morgan fingerprint density at radius 2 is 1.90 bits per heavy atom. The van der Waals surface area contributed by atoms with Crippen LogP contribution in [0.15, 0.2) is 18.2 Å². The average Bonchev–Trinajstić information content (AvgIpc) is 2.37. The summed E-state index contributed by atoms with van der Waals surface area (Å²) in [4.78, 5) is 1.89. The van der Waals surface area contributed by atoms with Crippen molar-refractivity contribution >= 4 is 11.5 Å². The van der Waals surface area contributed by atoms with Crippen molar-refractivity contribution in [1.82, 2.24) is 0 Å². The lowest BCUT2D eigenvalue weighted by atomic mass is 9.95. The summed E-state index contributed by atoms with van der Waals surface area (Å²) in [5.41, 5.74) is 7.89. The minimum Gasteiger partial charge on any atom is -0.384 e. The summed E-state index contributed by atoms with van der Waals surface area (Å²) in [5.74, 6) is -1.27. The molecule has 0 unspecified atom stereocenters. The van der Waals surface area contributed by atoms with Crippen molar-refractivity contribution in [3.63, 3.8) is 0 Å². The van der Waals surface area contributed by atoms with Crippen LogP contribution in [0.25, 0.3) is 0 Å². The predicted molar refractivity (Wildman–Crippen MR) is 73.2 cm³/mol. The van der Waals surface area contributed by atoms with Gasteiger partial charge >= 0.3 is 6.18 Å². The molecule has 1 aromatic carbocycles. The van der Waals surface area contributed by atoms with Gasteiger partial charge in [0.2, 0.25) is 0 Å². The zero-order chi connectivity index (χ0) is 14.9. The first-order chi connectivity index (χ1) is 9.29. The minimum absolute atomic E-state index is 0.0540. The van der Waals surface area contributed by atoms with Crippen LogP contribution >= 0.6 is 0 Å². The second-order valence-corrected chi connectivity index (χ2v) is 5.24. The van der Waals surface area contributed by atoms with Gasteiger partial charge in [-0.2, -0.15) is 13.2 Å². The Bertz CT molecular complexity index is 503. The van der Waals surface area contributed by atoms with Gasteiger partial charge in [0, 0.05) is 24.3 Å². The van der Waals surface area contributed by atoms with E-state index in [-0.39, 0.29) is 18.7 Å². The molecule has 110 valence electrons. The maximum absolute atomic E-state index is 12.7. The largest absolute Gasteiger partial charge is 0.391 e. The first-order valence-corrected chi connectivity index (χ1v) is 6.55. The topological polar surface area (TPSA) is 53.1 Å². The van der Waals surface area contributed by atoms with Crippen molar-refractivity contribution in [2.24, 2.45) is 11.7 Å². The lowest BCUT2D eigenvalue weighted by molar-refractivity contribution is -0.179. The standard InChI is InChI=1S/C14H18F3N3/c1-9-2-3-12(11(8-9)13(18)19)20-6-4-10(5-7-20)14(15,16)17/h2-3,8,10H,4-7H2,1H3,(H3,18,19). The maximum atomic E-state index is 12.7. The lowest BCUT2D eigenvalue weighted by Gasteiger charge is -2.35. The molecular formula is C14H18F3N3. The molecule has 1 saturated heterocycles. The first-order valence-electron chi connectivity index (χ1n) is 6.55. The van der Waals surface area contributed by atoms with Gasteiger partial charge in [0.05, 0.1) is 5.92 Å². The van der Waals surface area contributed by atoms with E-state index < -0.39 is 12.1 Å². The number of halogens is 3. The van der Waals surface area contributed by atoms with Crippen LogP contribution in [0, 0.1) is 18.3 Å². The Morgan fingerprint density at radius 1 is 1.30 bits per heavy atom. The Kier molecular flexibility index (Phi) is 3.92. The zero-order valence-electron chi connectivity index (χ0n) is 11.3. The van der Waals surface area contributed by atoms with Crippen molar-refractivity contribution in [1.29, 1.82) is 5.41 Å². The highest BCUT2D eigenvalue weighted by Gasteiger charge is 2.41. The first kappa shape index (κ1) is 14.7. The molecule has 0 aliphatic carbocycles. The van der Waals surface area contributed by atoms with E-state index in [1.165, 1.54) is 0 Å². The molecule has 1 aromatic rings. The summed E-state index contributed by atoms with van der Waals surface area (Å²) < 4.78 is 38.0. The number of hydrogen-bond donors (Lipinski definition) is 2. The summed E-state index contributed by atoms with van der Waals surface area (Å²) >= 11 is 0. The van der Waals surface area contributed by atoms with E-state index in [0.717, 1.165) is 11.3 Å². The molecule has 1 aliphatic heterocycles. The number of anilines is 1. The summed E-state index contributed by atoms with van der Waals surface area (Å²) in [5, 5.41) is 7.60. The molecule has 6 heteroatoms. The summed E-state index contributed by atoms with van der Waals surface area (Å²) in [6.07, 6.45) is -3.92. The van der Waals surface area contributed by atoms with E-state index in [9.17, 15) is 13.2 Å². The third-order valence-corrected chi connectivity index (χ3v) is 3.74. The molecule has 20 heavy (non-hydrogen) atoms. The molecule has 0 atom stereocenters. The van der Waals surface area contributed by atoms with Gasteiger partial charge in [0.15, 0.2) is 0 Å². The molecule has 1 fully saturated rings. The quantitative estimate of drug-likeness (QED) is 0.648. The van der Waals surface area contributed by atoms with Gasteiger partial charge in [-0.25, -0.2) is 0 Å². The Hall–Kier alpha value is -1.72. The SMILES string of the molecule is Cc1ccc(N2CCC(C(F)(F)F)CC2)c(C(=N)N)c1. The summed E-state index contributed by atoms with van der Waals surface area (Å²) in [6.45, 7) is 2.58. The highest BCUT2D eigenvalue weighted by atomic mass is 19.4. The number of nitrogens with zero attached hydrogens (tertiary/aromatic N) is 1. The van der Waals surface area contributed by atoms with Crippen molar-refractivity contribution in [3.05, 3.63) is 29.3 Å².